The summed E-state index contributed by atoms with van der Waals surface area (Å²) >= 11 is 0. The SMILES string of the molecule is C/C(=C\c1ccc(N=[N+]([O-])c2ccc(/C=C(\C)C(=O)[O-])cc2)cc1)C(=O)[O-]. The Morgan fingerprint density at radius 3 is 1.63 bits per heavy atom. The Balaban J connectivity index is 2.17. The molecule has 0 heterocycles. The highest BCUT2D eigenvalue weighted by Gasteiger charge is 2.04. The van der Waals surface area contributed by atoms with Crippen LogP contribution in [0, 0.1) is 5.21 Å². The van der Waals surface area contributed by atoms with E-state index in [1.54, 1.807) is 36.4 Å². The molecule has 0 fully saturated rings. The Morgan fingerprint density at radius 2 is 1.22 bits per heavy atom. The third-order valence-electron chi connectivity index (χ3n) is 3.62. The molecule has 0 aliphatic carbocycles. The Labute approximate surface area is 155 Å². The van der Waals surface area contributed by atoms with Gasteiger partial charge in [0.15, 0.2) is 0 Å². The van der Waals surface area contributed by atoms with Crippen LogP contribution in [0.25, 0.3) is 12.2 Å². The average molecular weight is 364 g/mol. The van der Waals surface area contributed by atoms with Crippen molar-refractivity contribution in [1.82, 2.24) is 0 Å². The molecule has 0 saturated carbocycles. The molecule has 0 aliphatic heterocycles. The van der Waals surface area contributed by atoms with E-state index in [1.165, 1.54) is 38.1 Å². The van der Waals surface area contributed by atoms with E-state index in [9.17, 15) is 25.0 Å². The maximum Gasteiger partial charge on any atom is 0.244 e. The minimum atomic E-state index is -1.26. The molecule has 0 aliphatic rings. The van der Waals surface area contributed by atoms with Crippen molar-refractivity contribution in [3.8, 4) is 0 Å². The number of carboxylic acids is 2. The number of nitrogens with zero attached hydrogens (tertiary/aromatic N) is 2. The molecule has 27 heavy (non-hydrogen) atoms. The van der Waals surface area contributed by atoms with Crippen molar-refractivity contribution < 1.29 is 24.7 Å². The lowest BCUT2D eigenvalue weighted by Crippen LogP contribution is -2.22. The maximum absolute atomic E-state index is 12.1. The van der Waals surface area contributed by atoms with Gasteiger partial charge in [0.2, 0.25) is 5.69 Å². The number of azo groups is 1. The summed E-state index contributed by atoms with van der Waals surface area (Å²) in [6.07, 6.45) is 2.89. The Kier molecular flexibility index (Phi) is 6.22. The molecule has 0 amide bonds. The number of carbonyl (C=O) groups is 2. The number of carboxylic acid groups (broad SMARTS) is 2. The van der Waals surface area contributed by atoms with Gasteiger partial charge in [-0.1, -0.05) is 29.1 Å². The third-order valence-corrected chi connectivity index (χ3v) is 3.62. The minimum absolute atomic E-state index is 0.0782. The van der Waals surface area contributed by atoms with Crippen LogP contribution in [0.4, 0.5) is 11.4 Å². The highest BCUT2D eigenvalue weighted by molar-refractivity contribution is 5.90. The van der Waals surface area contributed by atoms with Gasteiger partial charge >= 0.3 is 0 Å². The maximum atomic E-state index is 12.1. The van der Waals surface area contributed by atoms with Crippen molar-refractivity contribution in [2.45, 2.75) is 13.8 Å². The van der Waals surface area contributed by atoms with Gasteiger partial charge in [0, 0.05) is 17.2 Å². The van der Waals surface area contributed by atoms with Crippen LogP contribution >= 0.6 is 0 Å². The molecular formula is C20H16N2O5-2. The van der Waals surface area contributed by atoms with Gasteiger partial charge in [-0.15, -0.1) is 0 Å². The summed E-state index contributed by atoms with van der Waals surface area (Å²) in [4.78, 5) is 21.9. The lowest BCUT2D eigenvalue weighted by Gasteiger charge is -2.03. The van der Waals surface area contributed by atoms with E-state index in [4.69, 9.17) is 0 Å². The van der Waals surface area contributed by atoms with Crippen LogP contribution < -0.4 is 10.2 Å². The number of hydrogen-bond acceptors (Lipinski definition) is 6. The number of carbonyl (C=O) groups excluding carboxylic acids is 2. The van der Waals surface area contributed by atoms with Gasteiger partial charge in [-0.05, 0) is 60.4 Å². The molecule has 0 aromatic heterocycles. The summed E-state index contributed by atoms with van der Waals surface area (Å²) in [5.41, 5.74) is 2.10. The van der Waals surface area contributed by atoms with Crippen LogP contribution in [0.2, 0.25) is 0 Å². The van der Waals surface area contributed by atoms with Gasteiger partial charge in [0.05, 0.1) is 11.9 Å². The zero-order chi connectivity index (χ0) is 20.0. The van der Waals surface area contributed by atoms with E-state index in [2.05, 4.69) is 5.11 Å². The van der Waals surface area contributed by atoms with E-state index in [0.717, 1.165) is 0 Å². The Morgan fingerprint density at radius 1 is 0.815 bits per heavy atom. The molecule has 2 aromatic carbocycles. The fraction of sp³-hybridized carbons (Fsp3) is 0.100. The molecular weight excluding hydrogens is 348 g/mol. The van der Waals surface area contributed by atoms with Crippen LogP contribution in [0.5, 0.6) is 0 Å². The van der Waals surface area contributed by atoms with E-state index in [1.807, 2.05) is 0 Å². The largest absolute Gasteiger partial charge is 0.594 e. The van der Waals surface area contributed by atoms with Crippen LogP contribution in [0.3, 0.4) is 0 Å². The molecule has 0 unspecified atom stereocenters. The van der Waals surface area contributed by atoms with Crippen LogP contribution in [-0.2, 0) is 9.59 Å². The first-order valence-corrected chi connectivity index (χ1v) is 7.94. The monoisotopic (exact) mass is 364 g/mol. The quantitative estimate of drug-likeness (QED) is 0.336. The topological polar surface area (TPSA) is 119 Å². The zero-order valence-electron chi connectivity index (χ0n) is 14.7. The summed E-state index contributed by atoms with van der Waals surface area (Å²) in [6, 6.07) is 12.7. The molecule has 7 nitrogen and oxygen atoms in total. The summed E-state index contributed by atoms with van der Waals surface area (Å²) in [5, 5.41) is 37.5. The van der Waals surface area contributed by atoms with Crippen LogP contribution in [0.1, 0.15) is 25.0 Å². The lowest BCUT2D eigenvalue weighted by molar-refractivity contribution is -0.435. The summed E-state index contributed by atoms with van der Waals surface area (Å²) in [6.45, 7) is 2.85. The Hall–Kier alpha value is -3.74. The van der Waals surface area contributed by atoms with Crippen molar-refractivity contribution in [1.29, 1.82) is 0 Å². The first-order valence-electron chi connectivity index (χ1n) is 7.94. The van der Waals surface area contributed by atoms with Gasteiger partial charge < -0.3 is 25.0 Å². The van der Waals surface area contributed by atoms with Crippen molar-refractivity contribution in [3.05, 3.63) is 76.0 Å². The van der Waals surface area contributed by atoms with Crippen molar-refractivity contribution >= 4 is 35.5 Å². The van der Waals surface area contributed by atoms with Crippen LogP contribution in [0.15, 0.2) is 64.8 Å². The molecule has 2 rings (SSSR count). The fourth-order valence-electron chi connectivity index (χ4n) is 2.12. The molecule has 0 saturated heterocycles. The molecule has 0 radical (unpaired) electrons. The summed E-state index contributed by atoms with van der Waals surface area (Å²) in [5.74, 6) is -2.50. The molecule has 0 bridgehead atoms. The van der Waals surface area contributed by atoms with Crippen molar-refractivity contribution in [2.24, 2.45) is 5.11 Å². The zero-order valence-corrected chi connectivity index (χ0v) is 14.7. The first-order chi connectivity index (χ1) is 12.8. The molecule has 7 heteroatoms. The van der Waals surface area contributed by atoms with E-state index in [0.29, 0.717) is 21.7 Å². The standard InChI is InChI=1S/C20H18N2O5/c1-13(19(23)24)11-15-3-7-17(8-4-15)21-22(27)18-9-5-16(6-10-18)12-14(2)20(25)26/h3-12H,1-2H3,(H,23,24)(H,25,26)/p-2/b13-11+,14-12+,22-21?. The van der Waals surface area contributed by atoms with Gasteiger partial charge in [-0.25, -0.2) is 0 Å². The van der Waals surface area contributed by atoms with Gasteiger partial charge in [-0.2, -0.15) is 0 Å². The van der Waals surface area contributed by atoms with E-state index < -0.39 is 11.9 Å². The van der Waals surface area contributed by atoms with Gasteiger partial charge in [0.1, 0.15) is 5.69 Å². The molecule has 2 aromatic rings. The average Bonchev–Trinajstić information content (AvgIpc) is 2.63. The second-order valence-corrected chi connectivity index (χ2v) is 5.79. The second kappa shape index (κ2) is 8.57. The smallest absolute Gasteiger partial charge is 0.244 e. The van der Waals surface area contributed by atoms with Gasteiger partial charge in [-0.3, -0.25) is 0 Å². The van der Waals surface area contributed by atoms with Crippen molar-refractivity contribution in [3.63, 3.8) is 0 Å². The molecule has 0 spiro atoms. The van der Waals surface area contributed by atoms with Gasteiger partial charge in [0.25, 0.3) is 0 Å². The predicted octanol–water partition coefficient (Wildman–Crippen LogP) is 1.92. The molecule has 138 valence electrons. The first kappa shape index (κ1) is 19.6. The highest BCUT2D eigenvalue weighted by Crippen LogP contribution is 2.20. The Bertz CT molecular complexity index is 939. The number of rotatable bonds is 6. The number of benzene rings is 2. The molecule has 0 N–H and O–H groups in total. The summed E-state index contributed by atoms with van der Waals surface area (Å²) < 4.78 is 0. The van der Waals surface area contributed by atoms with E-state index in [-0.39, 0.29) is 16.8 Å². The third kappa shape index (κ3) is 5.64. The normalized spacial score (nSPS) is 12.7. The second-order valence-electron chi connectivity index (χ2n) is 5.79. The minimum Gasteiger partial charge on any atom is -0.594 e. The molecule has 0 atom stereocenters. The van der Waals surface area contributed by atoms with E-state index >= 15 is 0 Å². The number of hydrogen-bond donors (Lipinski definition) is 0. The fourth-order valence-corrected chi connectivity index (χ4v) is 2.12. The summed E-state index contributed by atoms with van der Waals surface area (Å²) in [7, 11) is 0. The van der Waals surface area contributed by atoms with Crippen LogP contribution in [-0.4, -0.2) is 16.8 Å². The highest BCUT2D eigenvalue weighted by atomic mass is 16.5. The predicted molar refractivity (Wildman–Crippen MR) is 95.6 cm³/mol. The lowest BCUT2D eigenvalue weighted by atomic mass is 10.1. The van der Waals surface area contributed by atoms with Crippen molar-refractivity contribution in [2.75, 3.05) is 0 Å². The number of aliphatic carboxylic acids is 2.